The summed E-state index contributed by atoms with van der Waals surface area (Å²) in [6.45, 7) is 4.07. The van der Waals surface area contributed by atoms with Gasteiger partial charge in [-0.05, 0) is 24.1 Å². The van der Waals surface area contributed by atoms with E-state index >= 15 is 0 Å². The average molecular weight is 334 g/mol. The Morgan fingerprint density at radius 3 is 2.55 bits per heavy atom. The Bertz CT molecular complexity index is 666. The predicted molar refractivity (Wildman–Crippen MR) is 92.7 cm³/mol. The van der Waals surface area contributed by atoms with Crippen molar-refractivity contribution < 1.29 is 9.59 Å². The molecule has 3 N–H and O–H groups in total. The van der Waals surface area contributed by atoms with Crippen molar-refractivity contribution in [1.29, 1.82) is 0 Å². The molecule has 1 aromatic carbocycles. The molecule has 0 bridgehead atoms. The number of thiophene rings is 1. The molecule has 0 aliphatic rings. The van der Waals surface area contributed by atoms with Gasteiger partial charge >= 0.3 is 0 Å². The van der Waals surface area contributed by atoms with E-state index in [4.69, 9.17) is 5.73 Å². The van der Waals surface area contributed by atoms with Crippen molar-refractivity contribution in [2.75, 3.05) is 11.1 Å². The molecule has 0 radical (unpaired) electrons. The van der Waals surface area contributed by atoms with Gasteiger partial charge in [-0.1, -0.05) is 32.0 Å². The highest BCUT2D eigenvalue weighted by atomic mass is 32.2. The van der Waals surface area contributed by atoms with Gasteiger partial charge in [0.15, 0.2) is 0 Å². The summed E-state index contributed by atoms with van der Waals surface area (Å²) in [5.74, 6) is -0.0907. The number of carbonyl (C=O) groups excluding carboxylic acids is 2. The molecule has 0 atom stereocenters. The van der Waals surface area contributed by atoms with Gasteiger partial charge in [0.1, 0.15) is 5.00 Å². The summed E-state index contributed by atoms with van der Waals surface area (Å²) in [6, 6.07) is 11.5. The number of primary amides is 1. The Balaban J connectivity index is 2.03. The van der Waals surface area contributed by atoms with Crippen molar-refractivity contribution in [3.63, 3.8) is 0 Å². The van der Waals surface area contributed by atoms with E-state index in [-0.39, 0.29) is 17.6 Å². The van der Waals surface area contributed by atoms with Crippen molar-refractivity contribution in [2.45, 2.75) is 24.7 Å². The minimum Gasteiger partial charge on any atom is -0.366 e. The summed E-state index contributed by atoms with van der Waals surface area (Å²) in [5.41, 5.74) is 5.76. The second kappa shape index (κ2) is 7.47. The van der Waals surface area contributed by atoms with Gasteiger partial charge in [0.05, 0.1) is 11.3 Å². The number of benzene rings is 1. The molecule has 0 spiro atoms. The Hall–Kier alpha value is -1.79. The standard InChI is InChI=1S/C16H18N2O2S2/c1-10(2)13-8-12(15(17)20)16(22-13)18-14(19)9-21-11-6-4-3-5-7-11/h3-8,10H,9H2,1-2H3,(H2,17,20)(H,18,19). The van der Waals surface area contributed by atoms with Crippen molar-refractivity contribution in [3.8, 4) is 0 Å². The van der Waals surface area contributed by atoms with E-state index in [1.54, 1.807) is 6.07 Å². The largest absolute Gasteiger partial charge is 0.366 e. The van der Waals surface area contributed by atoms with Crippen LogP contribution in [0.1, 0.15) is 35.0 Å². The fourth-order valence-corrected chi connectivity index (χ4v) is 3.60. The SMILES string of the molecule is CC(C)c1cc(C(N)=O)c(NC(=O)CSc2ccccc2)s1. The molecule has 2 amide bonds. The van der Waals surface area contributed by atoms with Gasteiger partial charge in [-0.15, -0.1) is 23.1 Å². The molecular formula is C16H18N2O2S2. The molecule has 0 saturated heterocycles. The molecular weight excluding hydrogens is 316 g/mol. The van der Waals surface area contributed by atoms with Crippen LogP contribution in [-0.4, -0.2) is 17.6 Å². The first-order chi connectivity index (χ1) is 10.5. The number of thioether (sulfide) groups is 1. The van der Waals surface area contributed by atoms with Crippen LogP contribution in [0.25, 0.3) is 0 Å². The zero-order valence-corrected chi connectivity index (χ0v) is 14.1. The van der Waals surface area contributed by atoms with Crippen LogP contribution in [0.3, 0.4) is 0 Å². The first kappa shape index (κ1) is 16.6. The molecule has 0 aliphatic carbocycles. The number of hydrogen-bond donors (Lipinski definition) is 2. The monoisotopic (exact) mass is 334 g/mol. The molecule has 1 heterocycles. The van der Waals surface area contributed by atoms with Crippen LogP contribution in [0.4, 0.5) is 5.00 Å². The number of anilines is 1. The summed E-state index contributed by atoms with van der Waals surface area (Å²) >= 11 is 2.86. The molecule has 22 heavy (non-hydrogen) atoms. The van der Waals surface area contributed by atoms with Gasteiger partial charge in [0.2, 0.25) is 5.91 Å². The minimum absolute atomic E-state index is 0.145. The van der Waals surface area contributed by atoms with E-state index in [0.29, 0.717) is 10.6 Å². The first-order valence-corrected chi connectivity index (χ1v) is 8.69. The van der Waals surface area contributed by atoms with Crippen LogP contribution in [0.5, 0.6) is 0 Å². The smallest absolute Gasteiger partial charge is 0.251 e. The van der Waals surface area contributed by atoms with E-state index in [1.165, 1.54) is 23.1 Å². The lowest BCUT2D eigenvalue weighted by molar-refractivity contribution is -0.113. The summed E-state index contributed by atoms with van der Waals surface area (Å²) in [5, 5.41) is 3.33. The Morgan fingerprint density at radius 2 is 1.95 bits per heavy atom. The van der Waals surface area contributed by atoms with Crippen LogP contribution < -0.4 is 11.1 Å². The Labute approximate surface area is 138 Å². The van der Waals surface area contributed by atoms with Crippen LogP contribution in [-0.2, 0) is 4.79 Å². The lowest BCUT2D eigenvalue weighted by atomic mass is 10.1. The molecule has 0 unspecified atom stereocenters. The fourth-order valence-electron chi connectivity index (χ4n) is 1.80. The number of carbonyl (C=O) groups is 2. The average Bonchev–Trinajstić information content (AvgIpc) is 2.90. The summed E-state index contributed by atoms with van der Waals surface area (Å²) in [7, 11) is 0. The molecule has 0 saturated carbocycles. The fraction of sp³-hybridized carbons (Fsp3) is 0.250. The topological polar surface area (TPSA) is 72.2 Å². The zero-order chi connectivity index (χ0) is 16.1. The lowest BCUT2D eigenvalue weighted by Gasteiger charge is -2.04. The number of nitrogens with one attached hydrogen (secondary N) is 1. The van der Waals surface area contributed by atoms with Gasteiger partial charge in [0.25, 0.3) is 5.91 Å². The van der Waals surface area contributed by atoms with Crippen LogP contribution in [0, 0.1) is 0 Å². The zero-order valence-electron chi connectivity index (χ0n) is 12.5. The van der Waals surface area contributed by atoms with Gasteiger partial charge in [-0.25, -0.2) is 0 Å². The van der Waals surface area contributed by atoms with E-state index in [0.717, 1.165) is 9.77 Å². The van der Waals surface area contributed by atoms with E-state index in [9.17, 15) is 9.59 Å². The Morgan fingerprint density at radius 1 is 1.27 bits per heavy atom. The molecule has 4 nitrogen and oxygen atoms in total. The first-order valence-electron chi connectivity index (χ1n) is 6.88. The maximum Gasteiger partial charge on any atom is 0.251 e. The lowest BCUT2D eigenvalue weighted by Crippen LogP contribution is -2.17. The molecule has 2 rings (SSSR count). The summed E-state index contributed by atoms with van der Waals surface area (Å²) in [6.07, 6.45) is 0. The van der Waals surface area contributed by atoms with E-state index in [1.807, 2.05) is 44.2 Å². The molecule has 0 fully saturated rings. The van der Waals surface area contributed by atoms with Crippen molar-refractivity contribution >= 4 is 39.9 Å². The quantitative estimate of drug-likeness (QED) is 0.791. The molecule has 1 aromatic heterocycles. The van der Waals surface area contributed by atoms with Crippen LogP contribution in [0.15, 0.2) is 41.3 Å². The van der Waals surface area contributed by atoms with Crippen LogP contribution >= 0.6 is 23.1 Å². The number of nitrogens with two attached hydrogens (primary N) is 1. The van der Waals surface area contributed by atoms with Crippen molar-refractivity contribution in [1.82, 2.24) is 0 Å². The minimum atomic E-state index is -0.519. The van der Waals surface area contributed by atoms with Crippen molar-refractivity contribution in [2.24, 2.45) is 5.73 Å². The highest BCUT2D eigenvalue weighted by Crippen LogP contribution is 2.32. The van der Waals surface area contributed by atoms with Gasteiger partial charge in [-0.2, -0.15) is 0 Å². The molecule has 116 valence electrons. The molecule has 0 aliphatic heterocycles. The van der Waals surface area contributed by atoms with Gasteiger partial charge in [-0.3, -0.25) is 9.59 Å². The second-order valence-corrected chi connectivity index (χ2v) is 7.19. The van der Waals surface area contributed by atoms with Gasteiger partial charge in [0, 0.05) is 9.77 Å². The summed E-state index contributed by atoms with van der Waals surface area (Å²) in [4.78, 5) is 25.6. The van der Waals surface area contributed by atoms with E-state index < -0.39 is 5.91 Å². The highest BCUT2D eigenvalue weighted by Gasteiger charge is 2.17. The second-order valence-electron chi connectivity index (χ2n) is 5.06. The third-order valence-corrected chi connectivity index (χ3v) is 5.31. The third kappa shape index (κ3) is 4.35. The number of amides is 2. The normalized spacial score (nSPS) is 10.7. The maximum absolute atomic E-state index is 12.1. The number of hydrogen-bond acceptors (Lipinski definition) is 4. The van der Waals surface area contributed by atoms with E-state index in [2.05, 4.69) is 5.32 Å². The number of rotatable bonds is 6. The summed E-state index contributed by atoms with van der Waals surface area (Å²) < 4.78 is 0. The predicted octanol–water partition coefficient (Wildman–Crippen LogP) is 3.70. The van der Waals surface area contributed by atoms with Gasteiger partial charge < -0.3 is 11.1 Å². The maximum atomic E-state index is 12.1. The highest BCUT2D eigenvalue weighted by molar-refractivity contribution is 8.00. The molecule has 2 aromatic rings. The van der Waals surface area contributed by atoms with Crippen LogP contribution in [0.2, 0.25) is 0 Å². The molecule has 6 heteroatoms. The Kier molecular flexibility index (Phi) is 5.63. The van der Waals surface area contributed by atoms with Crippen molar-refractivity contribution in [3.05, 3.63) is 46.8 Å². The third-order valence-electron chi connectivity index (χ3n) is 2.95.